The zero-order valence-electron chi connectivity index (χ0n) is 11.3. The van der Waals surface area contributed by atoms with Crippen LogP contribution in [0.25, 0.3) is 0 Å². The Bertz CT molecular complexity index is 330. The second-order valence-corrected chi connectivity index (χ2v) is 8.24. The van der Waals surface area contributed by atoms with Crippen LogP contribution in [-0.2, 0) is 18.1 Å². The summed E-state index contributed by atoms with van der Waals surface area (Å²) in [4.78, 5) is 12.3. The highest BCUT2D eigenvalue weighted by Crippen LogP contribution is 2.44. The summed E-state index contributed by atoms with van der Waals surface area (Å²) >= 11 is 0. The van der Waals surface area contributed by atoms with E-state index in [2.05, 4.69) is 12.2 Å². The molecule has 2 aliphatic carbocycles. The van der Waals surface area contributed by atoms with E-state index < -0.39 is 8.80 Å². The Morgan fingerprint density at radius 3 is 2.28 bits per heavy atom. The average molecular weight is 270 g/mol. The van der Waals surface area contributed by atoms with E-state index in [0.29, 0.717) is 30.1 Å². The Hall–Kier alpha value is -0.493. The molecular weight excluding hydrogens is 248 g/mol. The number of carbonyl (C=O) groups excluding carboxylic acids is 1. The fraction of sp³-hybridized carbons (Fsp3) is 0.769. The fourth-order valence-electron chi connectivity index (χ4n) is 3.17. The lowest BCUT2D eigenvalue weighted by molar-refractivity contribution is -0.123. The zero-order valence-corrected chi connectivity index (χ0v) is 12.3. The molecule has 0 N–H and O–H groups in total. The van der Waals surface area contributed by atoms with Crippen molar-refractivity contribution in [3.8, 4) is 0 Å². The summed E-state index contributed by atoms with van der Waals surface area (Å²) in [6.07, 6.45) is 7.17. The summed E-state index contributed by atoms with van der Waals surface area (Å²) in [5.74, 6) is 1.68. The van der Waals surface area contributed by atoms with E-state index in [1.807, 2.05) is 0 Å². The topological polar surface area (TPSA) is 44.8 Å². The van der Waals surface area contributed by atoms with Gasteiger partial charge < -0.3 is 13.3 Å². The lowest BCUT2D eigenvalue weighted by atomic mass is 9.88. The van der Waals surface area contributed by atoms with E-state index in [1.54, 1.807) is 21.3 Å². The Labute approximate surface area is 110 Å². The molecule has 0 aliphatic heterocycles. The Morgan fingerprint density at radius 1 is 1.17 bits per heavy atom. The Morgan fingerprint density at radius 2 is 1.83 bits per heavy atom. The van der Waals surface area contributed by atoms with Crippen LogP contribution in [0.1, 0.15) is 19.3 Å². The minimum absolute atomic E-state index is 0.220. The van der Waals surface area contributed by atoms with Crippen LogP contribution in [0.2, 0.25) is 6.04 Å². The molecule has 0 aromatic rings. The molecular formula is C13H22O4Si. The van der Waals surface area contributed by atoms with Gasteiger partial charge in [0.2, 0.25) is 0 Å². The lowest BCUT2D eigenvalue weighted by Crippen LogP contribution is -2.43. The number of hydrogen-bond acceptors (Lipinski definition) is 4. The molecule has 0 aromatic heterocycles. The van der Waals surface area contributed by atoms with Crippen LogP contribution < -0.4 is 0 Å². The Kier molecular flexibility index (Phi) is 4.37. The first-order valence-corrected chi connectivity index (χ1v) is 8.44. The van der Waals surface area contributed by atoms with Crippen molar-refractivity contribution in [2.75, 3.05) is 21.3 Å². The first kappa shape index (κ1) is 13.9. The van der Waals surface area contributed by atoms with Crippen LogP contribution in [0.5, 0.6) is 0 Å². The van der Waals surface area contributed by atoms with E-state index in [-0.39, 0.29) is 5.92 Å². The first-order valence-electron chi connectivity index (χ1n) is 6.50. The second-order valence-electron chi connectivity index (χ2n) is 5.15. The van der Waals surface area contributed by atoms with Gasteiger partial charge in [0.25, 0.3) is 0 Å². The van der Waals surface area contributed by atoms with Crippen molar-refractivity contribution in [2.24, 2.45) is 17.8 Å². The smallest absolute Gasteiger partial charge is 0.377 e. The normalized spacial score (nSPS) is 30.1. The molecule has 4 nitrogen and oxygen atoms in total. The SMILES string of the molecule is CO[Si](CCC(=O)C1CC2C=CC1C2)(OC)OC. The molecule has 0 amide bonds. The molecule has 102 valence electrons. The van der Waals surface area contributed by atoms with Gasteiger partial charge in [-0.3, -0.25) is 4.79 Å². The van der Waals surface area contributed by atoms with Gasteiger partial charge in [0.15, 0.2) is 0 Å². The number of rotatable bonds is 7. The molecule has 3 atom stereocenters. The molecule has 2 bridgehead atoms. The van der Waals surface area contributed by atoms with Crippen LogP contribution in [0, 0.1) is 17.8 Å². The fourth-order valence-corrected chi connectivity index (χ4v) is 4.83. The van der Waals surface area contributed by atoms with Crippen LogP contribution in [0.3, 0.4) is 0 Å². The van der Waals surface area contributed by atoms with Crippen LogP contribution in [-0.4, -0.2) is 35.9 Å². The van der Waals surface area contributed by atoms with Gasteiger partial charge >= 0.3 is 8.80 Å². The van der Waals surface area contributed by atoms with Gasteiger partial charge in [-0.05, 0) is 24.7 Å². The number of Topliss-reactive ketones (excluding diaryl/α,β-unsaturated/α-hetero) is 1. The highest BCUT2D eigenvalue weighted by molar-refractivity contribution is 6.60. The van der Waals surface area contributed by atoms with E-state index in [4.69, 9.17) is 13.3 Å². The minimum atomic E-state index is -2.59. The number of fused-ring (bicyclic) bond motifs is 2. The third-order valence-corrected chi connectivity index (χ3v) is 7.03. The first-order chi connectivity index (χ1) is 8.64. The molecule has 2 rings (SSSR count). The van der Waals surface area contributed by atoms with Crippen molar-refractivity contribution in [3.63, 3.8) is 0 Å². The van der Waals surface area contributed by atoms with Gasteiger partial charge in [-0.2, -0.15) is 0 Å². The number of carbonyl (C=O) groups is 1. The number of ketones is 1. The van der Waals surface area contributed by atoms with Crippen molar-refractivity contribution in [3.05, 3.63) is 12.2 Å². The van der Waals surface area contributed by atoms with Crippen molar-refractivity contribution in [1.82, 2.24) is 0 Å². The summed E-state index contributed by atoms with van der Waals surface area (Å²) in [5, 5.41) is 0. The minimum Gasteiger partial charge on any atom is -0.377 e. The maximum absolute atomic E-state index is 12.3. The van der Waals surface area contributed by atoms with Crippen molar-refractivity contribution in [2.45, 2.75) is 25.3 Å². The van der Waals surface area contributed by atoms with E-state index >= 15 is 0 Å². The van der Waals surface area contributed by atoms with E-state index in [9.17, 15) is 4.79 Å². The quantitative estimate of drug-likeness (QED) is 0.524. The third-order valence-electron chi connectivity index (χ3n) is 4.30. The van der Waals surface area contributed by atoms with Crippen LogP contribution in [0.15, 0.2) is 12.2 Å². The molecule has 0 heterocycles. The predicted molar refractivity (Wildman–Crippen MR) is 70.1 cm³/mol. The van der Waals surface area contributed by atoms with Crippen LogP contribution >= 0.6 is 0 Å². The molecule has 1 fully saturated rings. The van der Waals surface area contributed by atoms with E-state index in [0.717, 1.165) is 12.8 Å². The molecule has 2 aliphatic rings. The molecule has 5 heteroatoms. The lowest BCUT2D eigenvalue weighted by Gasteiger charge is -2.25. The van der Waals surface area contributed by atoms with Crippen molar-refractivity contribution in [1.29, 1.82) is 0 Å². The van der Waals surface area contributed by atoms with E-state index in [1.165, 1.54) is 0 Å². The standard InChI is InChI=1S/C13H22O4Si/c1-15-18(16-2,17-3)7-6-13(14)12-9-10-4-5-11(12)8-10/h4-5,10-12H,6-9H2,1-3H3. The molecule has 3 unspecified atom stereocenters. The van der Waals surface area contributed by atoms with Crippen molar-refractivity contribution >= 4 is 14.6 Å². The average Bonchev–Trinajstić information content (AvgIpc) is 3.03. The summed E-state index contributed by atoms with van der Waals surface area (Å²) in [6.45, 7) is 0. The van der Waals surface area contributed by atoms with Gasteiger partial charge in [0.1, 0.15) is 5.78 Å². The summed E-state index contributed by atoms with van der Waals surface area (Å²) in [5.41, 5.74) is 0. The van der Waals surface area contributed by atoms with Gasteiger partial charge in [-0.1, -0.05) is 12.2 Å². The largest absolute Gasteiger partial charge is 0.500 e. The van der Waals surface area contributed by atoms with Gasteiger partial charge in [-0.25, -0.2) is 0 Å². The Balaban J connectivity index is 1.86. The van der Waals surface area contributed by atoms with Crippen molar-refractivity contribution < 1.29 is 18.1 Å². The second kappa shape index (κ2) is 5.65. The van der Waals surface area contributed by atoms with Gasteiger partial charge in [0, 0.05) is 39.7 Å². The summed E-state index contributed by atoms with van der Waals surface area (Å²) in [6, 6.07) is 0.576. The van der Waals surface area contributed by atoms with Crippen LogP contribution in [0.4, 0.5) is 0 Å². The number of allylic oxidation sites excluding steroid dienone is 2. The zero-order chi connectivity index (χ0) is 13.2. The highest BCUT2D eigenvalue weighted by atomic mass is 28.4. The molecule has 1 saturated carbocycles. The molecule has 18 heavy (non-hydrogen) atoms. The predicted octanol–water partition coefficient (Wildman–Crippen LogP) is 2.04. The van der Waals surface area contributed by atoms with Gasteiger partial charge in [0.05, 0.1) is 0 Å². The highest BCUT2D eigenvalue weighted by Gasteiger charge is 2.42. The third kappa shape index (κ3) is 2.59. The van der Waals surface area contributed by atoms with Gasteiger partial charge in [-0.15, -0.1) is 0 Å². The summed E-state index contributed by atoms with van der Waals surface area (Å²) in [7, 11) is 2.17. The molecule has 0 radical (unpaired) electrons. The maximum atomic E-state index is 12.3. The molecule has 0 aromatic carbocycles. The molecule has 0 saturated heterocycles. The monoisotopic (exact) mass is 270 g/mol. The number of hydrogen-bond donors (Lipinski definition) is 0. The summed E-state index contributed by atoms with van der Waals surface area (Å²) < 4.78 is 16.0. The molecule has 0 spiro atoms. The maximum Gasteiger partial charge on any atom is 0.500 e.